The summed E-state index contributed by atoms with van der Waals surface area (Å²) in [6.07, 6.45) is 6.10. The van der Waals surface area contributed by atoms with E-state index in [4.69, 9.17) is 11.6 Å². The van der Waals surface area contributed by atoms with E-state index < -0.39 is 11.6 Å². The second-order valence-electron chi connectivity index (χ2n) is 4.85. The van der Waals surface area contributed by atoms with Gasteiger partial charge < -0.3 is 5.32 Å². The van der Waals surface area contributed by atoms with Gasteiger partial charge >= 0.3 is 0 Å². The number of hydrogen-bond donors (Lipinski definition) is 1. The van der Waals surface area contributed by atoms with Crippen LogP contribution < -0.4 is 5.32 Å². The molecule has 1 aliphatic carbocycles. The van der Waals surface area contributed by atoms with Gasteiger partial charge in [0.05, 0.1) is 11.1 Å². The average Bonchev–Trinajstić information content (AvgIpc) is 2.89. The maximum atomic E-state index is 14.0. The molecule has 1 nitrogen and oxygen atoms in total. The Morgan fingerprint density at radius 2 is 2.11 bits per heavy atom. The number of benzene rings is 1. The van der Waals surface area contributed by atoms with Crippen LogP contribution in [0.25, 0.3) is 0 Å². The van der Waals surface area contributed by atoms with Crippen LogP contribution in [0, 0.1) is 11.6 Å². The molecule has 19 heavy (non-hydrogen) atoms. The van der Waals surface area contributed by atoms with E-state index in [0.717, 1.165) is 43.9 Å². The molecule has 0 radical (unpaired) electrons. The molecule has 1 aromatic carbocycles. The molecule has 0 saturated heterocycles. The Morgan fingerprint density at radius 1 is 1.32 bits per heavy atom. The molecule has 104 valence electrons. The van der Waals surface area contributed by atoms with Gasteiger partial charge in [0, 0.05) is 5.56 Å². The fourth-order valence-electron chi connectivity index (χ4n) is 2.45. The van der Waals surface area contributed by atoms with E-state index in [9.17, 15) is 8.78 Å². The molecule has 4 heteroatoms. The lowest BCUT2D eigenvalue weighted by atomic mass is 9.97. The van der Waals surface area contributed by atoms with Crippen molar-refractivity contribution in [3.63, 3.8) is 0 Å². The topological polar surface area (TPSA) is 12.0 Å². The van der Waals surface area contributed by atoms with Crippen LogP contribution in [-0.2, 0) is 0 Å². The van der Waals surface area contributed by atoms with Gasteiger partial charge in [-0.3, -0.25) is 0 Å². The summed E-state index contributed by atoms with van der Waals surface area (Å²) in [5, 5.41) is 3.13. The molecule has 1 aliphatic rings. The van der Waals surface area contributed by atoms with E-state index in [1.807, 2.05) is 6.92 Å². The lowest BCUT2D eigenvalue weighted by Gasteiger charge is -2.21. The van der Waals surface area contributed by atoms with Crippen molar-refractivity contribution in [1.29, 1.82) is 0 Å². The highest BCUT2D eigenvalue weighted by Gasteiger charge is 2.22. The molecule has 0 spiro atoms. The van der Waals surface area contributed by atoms with Crippen LogP contribution in [0.2, 0.25) is 5.02 Å². The molecule has 0 aromatic heterocycles. The van der Waals surface area contributed by atoms with E-state index in [1.54, 1.807) is 0 Å². The Balaban J connectivity index is 2.34. The first kappa shape index (κ1) is 14.5. The van der Waals surface area contributed by atoms with Crippen LogP contribution in [0.3, 0.4) is 0 Å². The number of rotatable bonds is 5. The fourth-order valence-corrected chi connectivity index (χ4v) is 2.60. The Bertz CT molecular complexity index is 485. The van der Waals surface area contributed by atoms with Crippen LogP contribution in [0.1, 0.15) is 44.2 Å². The molecule has 0 fully saturated rings. The molecule has 1 atom stereocenters. The fraction of sp³-hybridized carbons (Fsp3) is 0.467. The summed E-state index contributed by atoms with van der Waals surface area (Å²) in [6.45, 7) is 2.82. The molecular weight excluding hydrogens is 268 g/mol. The molecule has 1 aromatic rings. The molecular formula is C15H18ClF2N. The first-order valence-corrected chi connectivity index (χ1v) is 7.08. The van der Waals surface area contributed by atoms with E-state index >= 15 is 0 Å². The number of allylic oxidation sites excluding steroid dienone is 1. The van der Waals surface area contributed by atoms with Crippen molar-refractivity contribution < 1.29 is 8.78 Å². The van der Waals surface area contributed by atoms with Crippen LogP contribution >= 0.6 is 11.6 Å². The second-order valence-corrected chi connectivity index (χ2v) is 5.25. The molecule has 0 aliphatic heterocycles. The summed E-state index contributed by atoms with van der Waals surface area (Å²) in [5.74, 6) is -1.02. The van der Waals surface area contributed by atoms with Crippen LogP contribution in [-0.4, -0.2) is 6.54 Å². The van der Waals surface area contributed by atoms with Gasteiger partial charge in [0.25, 0.3) is 0 Å². The van der Waals surface area contributed by atoms with Gasteiger partial charge in [-0.1, -0.05) is 30.2 Å². The molecule has 1 unspecified atom stereocenters. The first-order valence-electron chi connectivity index (χ1n) is 6.70. The van der Waals surface area contributed by atoms with Crippen molar-refractivity contribution in [2.75, 3.05) is 6.54 Å². The highest BCUT2D eigenvalue weighted by atomic mass is 35.5. The number of hydrogen-bond acceptors (Lipinski definition) is 1. The summed E-state index contributed by atoms with van der Waals surface area (Å²) < 4.78 is 27.6. The standard InChI is InChI=1S/C15H18ClF2N/c1-2-7-19-15(10-5-3-4-6-10)11-8-14(18)12(16)9-13(11)17/h5,8-9,15,19H,2-4,6-7H2,1H3. The van der Waals surface area contributed by atoms with Crippen LogP contribution in [0.4, 0.5) is 8.78 Å². The smallest absolute Gasteiger partial charge is 0.142 e. The highest BCUT2D eigenvalue weighted by molar-refractivity contribution is 6.30. The molecule has 0 heterocycles. The zero-order valence-electron chi connectivity index (χ0n) is 11.0. The summed E-state index contributed by atoms with van der Waals surface area (Å²) in [7, 11) is 0. The number of halogens is 3. The zero-order chi connectivity index (χ0) is 13.8. The Morgan fingerprint density at radius 3 is 2.74 bits per heavy atom. The van der Waals surface area contributed by atoms with Gasteiger partial charge in [-0.2, -0.15) is 0 Å². The maximum Gasteiger partial charge on any atom is 0.142 e. The lowest BCUT2D eigenvalue weighted by molar-refractivity contribution is 0.525. The Hall–Kier alpha value is -0.930. The van der Waals surface area contributed by atoms with Gasteiger partial charge in [0.2, 0.25) is 0 Å². The van der Waals surface area contributed by atoms with Crippen molar-refractivity contribution >= 4 is 11.6 Å². The third kappa shape index (κ3) is 3.34. The minimum absolute atomic E-state index is 0.170. The Kier molecular flexibility index (Phi) is 4.94. The maximum absolute atomic E-state index is 14.0. The molecule has 0 amide bonds. The van der Waals surface area contributed by atoms with E-state index in [1.165, 1.54) is 6.07 Å². The van der Waals surface area contributed by atoms with Gasteiger partial charge in [0.15, 0.2) is 0 Å². The van der Waals surface area contributed by atoms with Gasteiger partial charge in [0.1, 0.15) is 11.6 Å². The number of nitrogens with one attached hydrogen (secondary N) is 1. The summed E-state index contributed by atoms with van der Waals surface area (Å²) in [6, 6.07) is 2.03. The molecule has 0 saturated carbocycles. The van der Waals surface area contributed by atoms with E-state index in [-0.39, 0.29) is 11.1 Å². The van der Waals surface area contributed by atoms with Crippen molar-refractivity contribution in [2.45, 2.75) is 38.6 Å². The molecule has 1 N–H and O–H groups in total. The quantitative estimate of drug-likeness (QED) is 0.607. The molecule has 0 bridgehead atoms. The minimum Gasteiger partial charge on any atom is -0.306 e. The van der Waals surface area contributed by atoms with Crippen molar-refractivity contribution in [3.05, 3.63) is 46.0 Å². The highest BCUT2D eigenvalue weighted by Crippen LogP contribution is 2.33. The van der Waals surface area contributed by atoms with Gasteiger partial charge in [-0.05, 0) is 44.4 Å². The van der Waals surface area contributed by atoms with Crippen LogP contribution in [0.15, 0.2) is 23.8 Å². The normalized spacial score (nSPS) is 16.5. The average molecular weight is 286 g/mol. The third-order valence-electron chi connectivity index (χ3n) is 3.40. The van der Waals surface area contributed by atoms with E-state index in [0.29, 0.717) is 5.56 Å². The summed E-state index contributed by atoms with van der Waals surface area (Å²) in [5.41, 5.74) is 1.50. The third-order valence-corrected chi connectivity index (χ3v) is 3.69. The Labute approximate surface area is 117 Å². The van der Waals surface area contributed by atoms with Crippen molar-refractivity contribution in [1.82, 2.24) is 5.32 Å². The summed E-state index contributed by atoms with van der Waals surface area (Å²) in [4.78, 5) is 0. The zero-order valence-corrected chi connectivity index (χ0v) is 11.7. The summed E-state index contributed by atoms with van der Waals surface area (Å²) >= 11 is 5.60. The largest absolute Gasteiger partial charge is 0.306 e. The van der Waals surface area contributed by atoms with Crippen LogP contribution in [0.5, 0.6) is 0 Å². The predicted molar refractivity (Wildman–Crippen MR) is 74.3 cm³/mol. The SMILES string of the molecule is CCCNC(C1=CCCC1)c1cc(F)c(Cl)cc1F. The van der Waals surface area contributed by atoms with Gasteiger partial charge in [-0.15, -0.1) is 0 Å². The molecule has 2 rings (SSSR count). The monoisotopic (exact) mass is 285 g/mol. The minimum atomic E-state index is -0.569. The van der Waals surface area contributed by atoms with Crippen molar-refractivity contribution in [2.24, 2.45) is 0 Å². The first-order chi connectivity index (χ1) is 9.13. The van der Waals surface area contributed by atoms with Crippen molar-refractivity contribution in [3.8, 4) is 0 Å². The lowest BCUT2D eigenvalue weighted by Crippen LogP contribution is -2.24. The van der Waals surface area contributed by atoms with Gasteiger partial charge in [-0.25, -0.2) is 8.78 Å². The van der Waals surface area contributed by atoms with E-state index in [2.05, 4.69) is 11.4 Å². The predicted octanol–water partition coefficient (Wildman–Crippen LogP) is 4.77. The second kappa shape index (κ2) is 6.49.